The lowest BCUT2D eigenvalue weighted by atomic mass is 10.1. The van der Waals surface area contributed by atoms with Crippen LogP contribution in [0, 0.1) is 17.6 Å². The fourth-order valence-corrected chi connectivity index (χ4v) is 4.77. The lowest BCUT2D eigenvalue weighted by Crippen LogP contribution is -2.26. The van der Waals surface area contributed by atoms with Crippen molar-refractivity contribution in [2.24, 2.45) is 5.92 Å². The lowest BCUT2D eigenvalue weighted by Gasteiger charge is -2.23. The number of nitrogens with two attached hydrogens (primary N) is 1. The summed E-state index contributed by atoms with van der Waals surface area (Å²) in [5.41, 5.74) is 3.65. The molecule has 1 aliphatic heterocycles. The zero-order chi connectivity index (χ0) is 20.2. The molecule has 2 aromatic rings. The number of aromatic carboxylic acids is 1. The predicted molar refractivity (Wildman–Crippen MR) is 106 cm³/mol. The Morgan fingerprint density at radius 2 is 2.04 bits per heavy atom. The number of pyridine rings is 1. The summed E-state index contributed by atoms with van der Waals surface area (Å²) in [6.45, 7) is 1.02. The van der Waals surface area contributed by atoms with Crippen LogP contribution in [0.2, 0.25) is 0 Å². The van der Waals surface area contributed by atoms with E-state index in [0.717, 1.165) is 31.2 Å². The minimum absolute atomic E-state index is 0.0975. The molecule has 1 aliphatic carbocycles. The van der Waals surface area contributed by atoms with E-state index in [1.54, 1.807) is 16.7 Å². The third-order valence-corrected chi connectivity index (χ3v) is 6.34. The number of fused-ring (bicyclic) bond motifs is 1. The van der Waals surface area contributed by atoms with Gasteiger partial charge in [0.05, 0.1) is 16.6 Å². The average Bonchev–Trinajstić information content (AvgIpc) is 3.39. The number of aromatic nitrogens is 1. The molecule has 1 unspecified atom stereocenters. The Kier molecular flexibility index (Phi) is 4.73. The first-order chi connectivity index (χ1) is 13.3. The van der Waals surface area contributed by atoms with Gasteiger partial charge in [-0.25, -0.2) is 13.6 Å². The van der Waals surface area contributed by atoms with Crippen molar-refractivity contribution in [1.29, 1.82) is 0 Å². The summed E-state index contributed by atoms with van der Waals surface area (Å²) in [5.74, 6) is -2.04. The molecule has 1 aromatic carbocycles. The Hall–Kier alpha value is -2.29. The largest absolute Gasteiger partial charge is 0.477 e. The molecule has 150 valence electrons. The van der Waals surface area contributed by atoms with Crippen LogP contribution in [0.1, 0.15) is 35.7 Å². The van der Waals surface area contributed by atoms with Crippen molar-refractivity contribution in [2.75, 3.05) is 35.7 Å². The molecule has 2 aliphatic rings. The molecule has 4 rings (SSSR count). The van der Waals surface area contributed by atoms with Crippen molar-refractivity contribution in [2.45, 2.75) is 25.3 Å². The maximum Gasteiger partial charge on any atom is 0.341 e. The first-order valence-electron chi connectivity index (χ1n) is 9.17. The van der Waals surface area contributed by atoms with E-state index >= 15 is 8.78 Å². The number of rotatable bonds is 5. The maximum absolute atomic E-state index is 15.6. The van der Waals surface area contributed by atoms with E-state index in [1.807, 2.05) is 6.26 Å². The third-order valence-electron chi connectivity index (χ3n) is 5.54. The van der Waals surface area contributed by atoms with Gasteiger partial charge in [-0.1, -0.05) is 0 Å². The molecule has 0 amide bonds. The number of hydrogen-bond donors (Lipinski definition) is 2. The zero-order valence-corrected chi connectivity index (χ0v) is 16.2. The van der Waals surface area contributed by atoms with Gasteiger partial charge in [-0.2, -0.15) is 11.8 Å². The second-order valence-corrected chi connectivity index (χ2v) is 8.40. The van der Waals surface area contributed by atoms with Crippen molar-refractivity contribution >= 4 is 40.0 Å². The number of hydrogen-bond acceptors (Lipinski definition) is 5. The van der Waals surface area contributed by atoms with E-state index in [2.05, 4.69) is 0 Å². The fourth-order valence-electron chi connectivity index (χ4n) is 4.03. The predicted octanol–water partition coefficient (Wildman–Crippen LogP) is 3.08. The van der Waals surface area contributed by atoms with E-state index in [4.69, 9.17) is 5.73 Å². The molecular formula is C19H21F2N3O3S. The van der Waals surface area contributed by atoms with Crippen molar-refractivity contribution in [3.63, 3.8) is 0 Å². The highest BCUT2D eigenvalue weighted by Gasteiger charge is 2.34. The second kappa shape index (κ2) is 6.95. The average molecular weight is 409 g/mol. The molecule has 2 heterocycles. The second-order valence-electron chi connectivity index (χ2n) is 7.49. The highest BCUT2D eigenvalue weighted by molar-refractivity contribution is 7.98. The maximum atomic E-state index is 15.6. The van der Waals surface area contributed by atoms with Gasteiger partial charge in [0.1, 0.15) is 11.3 Å². The number of thioether (sulfide) groups is 1. The number of carbonyl (C=O) groups is 1. The molecule has 0 bridgehead atoms. The Labute approximate surface area is 164 Å². The topological polar surface area (TPSA) is 88.6 Å². The molecule has 28 heavy (non-hydrogen) atoms. The van der Waals surface area contributed by atoms with Crippen molar-refractivity contribution < 1.29 is 18.7 Å². The minimum atomic E-state index is -1.44. The molecule has 1 atom stereocenters. The summed E-state index contributed by atoms with van der Waals surface area (Å²) in [7, 11) is 0. The van der Waals surface area contributed by atoms with E-state index in [0.29, 0.717) is 19.0 Å². The van der Waals surface area contributed by atoms with Crippen LogP contribution in [-0.4, -0.2) is 40.7 Å². The summed E-state index contributed by atoms with van der Waals surface area (Å²) in [6, 6.07) is -0.115. The summed E-state index contributed by atoms with van der Waals surface area (Å²) in [5, 5.41) is 8.95. The van der Waals surface area contributed by atoms with Gasteiger partial charge in [-0.05, 0) is 37.2 Å². The van der Waals surface area contributed by atoms with Crippen LogP contribution < -0.4 is 16.1 Å². The Bertz CT molecular complexity index is 1040. The number of carboxylic acids is 1. The molecule has 3 N–H and O–H groups in total. The van der Waals surface area contributed by atoms with Gasteiger partial charge >= 0.3 is 5.97 Å². The van der Waals surface area contributed by atoms with Gasteiger partial charge in [-0.15, -0.1) is 0 Å². The summed E-state index contributed by atoms with van der Waals surface area (Å²) >= 11 is 1.69. The quantitative estimate of drug-likeness (QED) is 0.738. The highest BCUT2D eigenvalue weighted by atomic mass is 32.2. The Morgan fingerprint density at radius 3 is 2.64 bits per heavy atom. The molecule has 6 nitrogen and oxygen atoms in total. The van der Waals surface area contributed by atoms with E-state index in [1.165, 1.54) is 4.57 Å². The molecule has 1 saturated carbocycles. The van der Waals surface area contributed by atoms with Gasteiger partial charge in [0.25, 0.3) is 0 Å². The van der Waals surface area contributed by atoms with Crippen LogP contribution in [0.4, 0.5) is 20.2 Å². The third kappa shape index (κ3) is 2.92. The Balaban J connectivity index is 1.97. The molecule has 1 saturated heterocycles. The van der Waals surface area contributed by atoms with E-state index in [-0.39, 0.29) is 22.6 Å². The molecule has 9 heteroatoms. The van der Waals surface area contributed by atoms with Gasteiger partial charge < -0.3 is 20.3 Å². The molecule has 1 aromatic heterocycles. The normalized spacial score (nSPS) is 19.5. The summed E-state index contributed by atoms with van der Waals surface area (Å²) < 4.78 is 32.1. The standard InChI is InChI=1S/C19H21F2N3O3S/c1-28-8-9-4-5-23(6-9)17-13(20)15(22)12-16(14(17)21)24(10-2-3-10)7-11(18(12)25)19(26)27/h7,9-10H,2-6,8,22H2,1H3,(H,26,27). The molecule has 2 fully saturated rings. The summed E-state index contributed by atoms with van der Waals surface area (Å²) in [4.78, 5) is 25.7. The highest BCUT2D eigenvalue weighted by Crippen LogP contribution is 2.42. The van der Waals surface area contributed by atoms with E-state index in [9.17, 15) is 14.7 Å². The Morgan fingerprint density at radius 1 is 1.32 bits per heavy atom. The van der Waals surface area contributed by atoms with Crippen molar-refractivity contribution in [3.8, 4) is 0 Å². The van der Waals surface area contributed by atoms with Crippen LogP contribution in [0.25, 0.3) is 10.9 Å². The van der Waals surface area contributed by atoms with E-state index < -0.39 is 34.3 Å². The number of nitrogens with zero attached hydrogens (tertiary/aromatic N) is 2. The minimum Gasteiger partial charge on any atom is -0.477 e. The number of carboxylic acid groups (broad SMARTS) is 1. The fraction of sp³-hybridized carbons (Fsp3) is 0.474. The van der Waals surface area contributed by atoms with Crippen LogP contribution in [0.5, 0.6) is 0 Å². The van der Waals surface area contributed by atoms with Crippen LogP contribution in [0.15, 0.2) is 11.0 Å². The van der Waals surface area contributed by atoms with Crippen molar-refractivity contribution in [3.05, 3.63) is 33.6 Å². The first kappa shape index (κ1) is 19.0. The number of halogens is 2. The number of nitrogen functional groups attached to an aromatic ring is 1. The molecular weight excluding hydrogens is 388 g/mol. The van der Waals surface area contributed by atoms with Crippen LogP contribution in [-0.2, 0) is 0 Å². The van der Waals surface area contributed by atoms with Crippen molar-refractivity contribution in [1.82, 2.24) is 4.57 Å². The SMILES string of the molecule is CSCC1CCN(c2c(F)c(N)c3c(=O)c(C(=O)O)cn(C4CC4)c3c2F)C1. The molecule has 0 radical (unpaired) electrons. The zero-order valence-electron chi connectivity index (χ0n) is 15.4. The van der Waals surface area contributed by atoms with Gasteiger partial charge in [0.2, 0.25) is 5.43 Å². The number of anilines is 2. The van der Waals surface area contributed by atoms with Gasteiger partial charge in [-0.3, -0.25) is 4.79 Å². The monoisotopic (exact) mass is 409 g/mol. The van der Waals surface area contributed by atoms with Gasteiger partial charge in [0.15, 0.2) is 11.6 Å². The smallest absolute Gasteiger partial charge is 0.341 e. The molecule has 0 spiro atoms. The first-order valence-corrected chi connectivity index (χ1v) is 10.6. The number of benzene rings is 1. The van der Waals surface area contributed by atoms with Crippen LogP contribution in [0.3, 0.4) is 0 Å². The van der Waals surface area contributed by atoms with Crippen LogP contribution >= 0.6 is 11.8 Å². The van der Waals surface area contributed by atoms with Gasteiger partial charge in [0, 0.05) is 25.3 Å². The summed E-state index contributed by atoms with van der Waals surface area (Å²) in [6.07, 6.45) is 5.46. The lowest BCUT2D eigenvalue weighted by molar-refractivity contribution is 0.0695.